The summed E-state index contributed by atoms with van der Waals surface area (Å²) in [7, 11) is 0. The second-order valence-electron chi connectivity index (χ2n) is 6.57. The van der Waals surface area contributed by atoms with Crippen molar-refractivity contribution in [1.29, 1.82) is 0 Å². The molecule has 1 fully saturated rings. The topological polar surface area (TPSA) is 29.3 Å². The number of hydrogen-bond donors (Lipinski definition) is 1. The van der Waals surface area contributed by atoms with Gasteiger partial charge in [0.05, 0.1) is 0 Å². The fourth-order valence-corrected chi connectivity index (χ4v) is 4.37. The van der Waals surface area contributed by atoms with Gasteiger partial charge in [-0.2, -0.15) is 0 Å². The van der Waals surface area contributed by atoms with Crippen LogP contribution in [0.3, 0.4) is 0 Å². The van der Waals surface area contributed by atoms with Crippen LogP contribution in [0.4, 0.5) is 0 Å². The number of nitrogens with zero attached hydrogens (tertiary/aromatic N) is 1. The second kappa shape index (κ2) is 5.43. The van der Waals surface area contributed by atoms with Gasteiger partial charge in [-0.25, -0.2) is 0 Å². The van der Waals surface area contributed by atoms with E-state index in [0.29, 0.717) is 6.04 Å². The maximum absolute atomic E-state index is 6.15. The number of benzene rings is 2. The van der Waals surface area contributed by atoms with Crippen molar-refractivity contribution in [2.45, 2.75) is 50.7 Å². The minimum Gasteiger partial charge on any atom is -0.329 e. The maximum Gasteiger partial charge on any atom is 0.0480 e. The minimum absolute atomic E-state index is 0.424. The predicted molar refractivity (Wildman–Crippen MR) is 88.2 cm³/mol. The van der Waals surface area contributed by atoms with E-state index < -0.39 is 0 Å². The third kappa shape index (κ3) is 2.18. The van der Waals surface area contributed by atoms with Gasteiger partial charge in [0.25, 0.3) is 0 Å². The molecule has 2 aromatic carbocycles. The summed E-state index contributed by atoms with van der Waals surface area (Å²) >= 11 is 0. The van der Waals surface area contributed by atoms with E-state index in [1.54, 1.807) is 0 Å². The summed E-state index contributed by atoms with van der Waals surface area (Å²) in [6.07, 6.45) is 6.88. The van der Waals surface area contributed by atoms with Crippen LogP contribution in [0.1, 0.15) is 49.3 Å². The van der Waals surface area contributed by atoms with E-state index in [-0.39, 0.29) is 0 Å². The van der Waals surface area contributed by atoms with Gasteiger partial charge in [-0.05, 0) is 34.7 Å². The zero-order chi connectivity index (χ0) is 14.2. The molecule has 0 spiro atoms. The van der Waals surface area contributed by atoms with E-state index in [1.807, 2.05) is 0 Å². The van der Waals surface area contributed by atoms with Crippen molar-refractivity contribution in [3.63, 3.8) is 0 Å². The summed E-state index contributed by atoms with van der Waals surface area (Å²) in [6, 6.07) is 14.5. The van der Waals surface area contributed by atoms with Gasteiger partial charge in [-0.1, -0.05) is 55.7 Å². The van der Waals surface area contributed by atoms with Gasteiger partial charge in [0, 0.05) is 25.2 Å². The van der Waals surface area contributed by atoms with Crippen LogP contribution < -0.4 is 5.73 Å². The molecule has 0 radical (unpaired) electrons. The highest BCUT2D eigenvalue weighted by Gasteiger charge is 2.35. The highest BCUT2D eigenvalue weighted by molar-refractivity contribution is 5.87. The van der Waals surface area contributed by atoms with Crippen molar-refractivity contribution in [1.82, 2.24) is 4.90 Å². The molecule has 110 valence electrons. The Morgan fingerprint density at radius 3 is 2.62 bits per heavy atom. The summed E-state index contributed by atoms with van der Waals surface area (Å²) in [5, 5.41) is 2.78. The molecule has 0 bridgehead atoms. The largest absolute Gasteiger partial charge is 0.329 e. The highest BCUT2D eigenvalue weighted by Crippen LogP contribution is 2.41. The van der Waals surface area contributed by atoms with Crippen LogP contribution in [0, 0.1) is 0 Å². The lowest BCUT2D eigenvalue weighted by Gasteiger charge is -2.35. The van der Waals surface area contributed by atoms with Crippen molar-refractivity contribution < 1.29 is 0 Å². The smallest absolute Gasteiger partial charge is 0.0480 e. The zero-order valence-corrected chi connectivity index (χ0v) is 12.6. The van der Waals surface area contributed by atoms with Gasteiger partial charge in [0.2, 0.25) is 0 Å². The molecular formula is C19H24N2. The molecule has 0 amide bonds. The van der Waals surface area contributed by atoms with Gasteiger partial charge < -0.3 is 5.73 Å². The second-order valence-corrected chi connectivity index (χ2v) is 6.57. The quantitative estimate of drug-likeness (QED) is 0.901. The molecule has 2 aliphatic rings. The van der Waals surface area contributed by atoms with Crippen LogP contribution in [-0.4, -0.2) is 17.5 Å². The SMILES string of the molecule is NCC1c2ccc3ccccc3c2CN1C1CCCCC1. The Morgan fingerprint density at radius 1 is 1.00 bits per heavy atom. The Balaban J connectivity index is 1.75. The monoisotopic (exact) mass is 280 g/mol. The minimum atomic E-state index is 0.424. The first-order chi connectivity index (χ1) is 10.4. The van der Waals surface area contributed by atoms with Crippen LogP contribution in [0.2, 0.25) is 0 Å². The first-order valence-electron chi connectivity index (χ1n) is 8.35. The lowest BCUT2D eigenvalue weighted by atomic mass is 9.93. The average molecular weight is 280 g/mol. The van der Waals surface area contributed by atoms with Gasteiger partial charge in [-0.15, -0.1) is 0 Å². The van der Waals surface area contributed by atoms with Gasteiger partial charge >= 0.3 is 0 Å². The molecule has 1 saturated carbocycles. The molecular weight excluding hydrogens is 256 g/mol. The highest BCUT2D eigenvalue weighted by atomic mass is 15.2. The molecule has 2 nitrogen and oxygen atoms in total. The normalized spacial score (nSPS) is 23.6. The Morgan fingerprint density at radius 2 is 1.81 bits per heavy atom. The molecule has 1 atom stereocenters. The number of fused-ring (bicyclic) bond motifs is 3. The van der Waals surface area contributed by atoms with Crippen LogP contribution in [0.5, 0.6) is 0 Å². The zero-order valence-electron chi connectivity index (χ0n) is 12.6. The summed E-state index contributed by atoms with van der Waals surface area (Å²) in [6.45, 7) is 1.82. The lowest BCUT2D eigenvalue weighted by Crippen LogP contribution is -2.38. The van der Waals surface area contributed by atoms with Crippen molar-refractivity contribution in [2.75, 3.05) is 6.54 Å². The molecule has 2 heteroatoms. The van der Waals surface area contributed by atoms with Crippen molar-refractivity contribution >= 4 is 10.8 Å². The summed E-state index contributed by atoms with van der Waals surface area (Å²) in [4.78, 5) is 2.69. The Bertz CT molecular complexity index is 643. The molecule has 0 saturated heterocycles. The Hall–Kier alpha value is -1.38. The van der Waals surface area contributed by atoms with E-state index in [0.717, 1.165) is 19.1 Å². The van der Waals surface area contributed by atoms with E-state index in [4.69, 9.17) is 5.73 Å². The fourth-order valence-electron chi connectivity index (χ4n) is 4.37. The first-order valence-corrected chi connectivity index (χ1v) is 8.35. The molecule has 1 aliphatic heterocycles. The molecule has 1 heterocycles. The van der Waals surface area contributed by atoms with Gasteiger partial charge in [0.1, 0.15) is 0 Å². The van der Waals surface area contributed by atoms with Crippen LogP contribution in [0.15, 0.2) is 36.4 Å². The number of hydrogen-bond acceptors (Lipinski definition) is 2. The third-order valence-electron chi connectivity index (χ3n) is 5.44. The van der Waals surface area contributed by atoms with Crippen molar-refractivity contribution in [3.05, 3.63) is 47.5 Å². The summed E-state index contributed by atoms with van der Waals surface area (Å²) in [5.41, 5.74) is 9.14. The third-order valence-corrected chi connectivity index (χ3v) is 5.44. The van der Waals surface area contributed by atoms with Crippen LogP contribution >= 0.6 is 0 Å². The van der Waals surface area contributed by atoms with E-state index in [9.17, 15) is 0 Å². The predicted octanol–water partition coefficient (Wildman–Crippen LogP) is 3.99. The van der Waals surface area contributed by atoms with Crippen LogP contribution in [-0.2, 0) is 6.54 Å². The van der Waals surface area contributed by atoms with E-state index >= 15 is 0 Å². The summed E-state index contributed by atoms with van der Waals surface area (Å²) in [5.74, 6) is 0. The van der Waals surface area contributed by atoms with Crippen LogP contribution in [0.25, 0.3) is 10.8 Å². The van der Waals surface area contributed by atoms with Gasteiger partial charge in [-0.3, -0.25) is 4.90 Å². The number of rotatable bonds is 2. The van der Waals surface area contributed by atoms with Gasteiger partial charge in [0.15, 0.2) is 0 Å². The molecule has 4 rings (SSSR count). The van der Waals surface area contributed by atoms with E-state index in [2.05, 4.69) is 41.3 Å². The molecule has 2 aromatic rings. The maximum atomic E-state index is 6.15. The molecule has 0 aromatic heterocycles. The molecule has 21 heavy (non-hydrogen) atoms. The Kier molecular flexibility index (Phi) is 3.44. The Labute approximate surface area is 126 Å². The van der Waals surface area contributed by atoms with E-state index in [1.165, 1.54) is 54.0 Å². The lowest BCUT2D eigenvalue weighted by molar-refractivity contribution is 0.117. The summed E-state index contributed by atoms with van der Waals surface area (Å²) < 4.78 is 0. The molecule has 1 aliphatic carbocycles. The fraction of sp³-hybridized carbons (Fsp3) is 0.474. The van der Waals surface area contributed by atoms with Crippen molar-refractivity contribution in [3.8, 4) is 0 Å². The first kappa shape index (κ1) is 13.3. The molecule has 2 N–H and O–H groups in total. The standard InChI is InChI=1S/C19H24N2/c20-12-19-17-11-10-14-6-4-5-9-16(14)18(17)13-21(19)15-7-2-1-3-8-15/h4-6,9-11,15,19H,1-3,7-8,12-13,20H2. The number of nitrogens with two attached hydrogens (primary N) is 1. The van der Waals surface area contributed by atoms with Crippen molar-refractivity contribution in [2.24, 2.45) is 5.73 Å². The average Bonchev–Trinajstić information content (AvgIpc) is 2.94. The molecule has 1 unspecified atom stereocenters.